The first-order valence-corrected chi connectivity index (χ1v) is 9.76. The lowest BCUT2D eigenvalue weighted by Gasteiger charge is -2.18. The minimum atomic E-state index is -4.51. The molecule has 2 aromatic heterocycles. The molecule has 166 valence electrons. The molecule has 0 radical (unpaired) electrons. The van der Waals surface area contributed by atoms with Crippen molar-refractivity contribution in [3.8, 4) is 11.5 Å². The Balaban J connectivity index is 0.00000160. The molecule has 2 aliphatic rings. The SMILES string of the molecule is C[C@H](Nc1cc(N[C@@H](C)C2CC2)nc(-c2cccc(C(F)(F)F)n2)n1)C1CC1.S.S. The monoisotopic (exact) mass is 459 g/mol. The van der Waals surface area contributed by atoms with Crippen molar-refractivity contribution in [2.45, 2.75) is 57.8 Å². The van der Waals surface area contributed by atoms with Gasteiger partial charge < -0.3 is 10.6 Å². The number of hydrogen-bond donors (Lipinski definition) is 2. The summed E-state index contributed by atoms with van der Waals surface area (Å²) in [6.45, 7) is 4.20. The molecule has 2 heterocycles. The average molecular weight is 460 g/mol. The molecule has 0 unspecified atom stereocenters. The molecule has 30 heavy (non-hydrogen) atoms. The summed E-state index contributed by atoms with van der Waals surface area (Å²) in [4.78, 5) is 12.6. The molecule has 2 aliphatic carbocycles. The molecule has 10 heteroatoms. The maximum atomic E-state index is 13.0. The Bertz CT molecular complexity index is 818. The van der Waals surface area contributed by atoms with Crippen LogP contribution in [0.25, 0.3) is 11.5 Å². The average Bonchev–Trinajstić information content (AvgIpc) is 3.53. The van der Waals surface area contributed by atoms with E-state index in [-0.39, 0.29) is 50.6 Å². The predicted octanol–water partition coefficient (Wildman–Crippen LogP) is 5.20. The third kappa shape index (κ3) is 6.16. The molecular weight excluding hydrogens is 431 g/mol. The lowest BCUT2D eigenvalue weighted by Crippen LogP contribution is -2.21. The second-order valence-corrected chi connectivity index (χ2v) is 7.91. The highest BCUT2D eigenvalue weighted by Crippen LogP contribution is 2.36. The third-order valence-electron chi connectivity index (χ3n) is 5.40. The van der Waals surface area contributed by atoms with Gasteiger partial charge in [0.05, 0.1) is 0 Å². The van der Waals surface area contributed by atoms with Gasteiger partial charge in [0.2, 0.25) is 0 Å². The van der Waals surface area contributed by atoms with E-state index in [0.29, 0.717) is 23.5 Å². The van der Waals surface area contributed by atoms with E-state index < -0.39 is 11.9 Å². The van der Waals surface area contributed by atoms with Crippen LogP contribution in [0.2, 0.25) is 0 Å². The summed E-state index contributed by atoms with van der Waals surface area (Å²) in [6, 6.07) is 6.13. The van der Waals surface area contributed by atoms with E-state index in [1.807, 2.05) is 6.07 Å². The van der Waals surface area contributed by atoms with Crippen molar-refractivity contribution in [3.63, 3.8) is 0 Å². The normalized spacial score (nSPS) is 17.9. The maximum Gasteiger partial charge on any atom is 0.433 e. The molecule has 5 nitrogen and oxygen atoms in total. The molecule has 4 rings (SSSR count). The lowest BCUT2D eigenvalue weighted by atomic mass is 10.2. The molecule has 2 fully saturated rings. The minimum absolute atomic E-state index is 0. The van der Waals surface area contributed by atoms with Gasteiger partial charge in [0, 0.05) is 18.2 Å². The van der Waals surface area contributed by atoms with Crippen molar-refractivity contribution < 1.29 is 13.2 Å². The Morgan fingerprint density at radius 3 is 1.80 bits per heavy atom. The molecule has 2 atom stereocenters. The summed E-state index contributed by atoms with van der Waals surface area (Å²) in [6.07, 6.45) is 0.236. The summed E-state index contributed by atoms with van der Waals surface area (Å²) in [5.41, 5.74) is -0.834. The number of nitrogens with zero attached hydrogens (tertiary/aromatic N) is 3. The number of rotatable bonds is 7. The van der Waals surface area contributed by atoms with Crippen molar-refractivity contribution >= 4 is 38.6 Å². The Hall–Kier alpha value is -1.68. The first-order chi connectivity index (χ1) is 13.3. The van der Waals surface area contributed by atoms with E-state index in [4.69, 9.17) is 0 Å². The fourth-order valence-electron chi connectivity index (χ4n) is 3.32. The van der Waals surface area contributed by atoms with E-state index in [1.165, 1.54) is 37.8 Å². The van der Waals surface area contributed by atoms with Crippen LogP contribution in [0.3, 0.4) is 0 Å². The highest BCUT2D eigenvalue weighted by Gasteiger charge is 2.33. The Kier molecular flexibility index (Phi) is 7.90. The number of hydrogen-bond acceptors (Lipinski definition) is 5. The largest absolute Gasteiger partial charge is 0.433 e. The second kappa shape index (κ2) is 9.64. The molecule has 2 aromatic rings. The number of pyridine rings is 1. The number of aromatic nitrogens is 3. The van der Waals surface area contributed by atoms with E-state index in [9.17, 15) is 13.2 Å². The van der Waals surface area contributed by atoms with Crippen molar-refractivity contribution in [3.05, 3.63) is 30.0 Å². The molecule has 2 saturated carbocycles. The van der Waals surface area contributed by atoms with Crippen LogP contribution in [-0.4, -0.2) is 27.0 Å². The van der Waals surface area contributed by atoms with E-state index in [0.717, 1.165) is 6.07 Å². The van der Waals surface area contributed by atoms with Crippen molar-refractivity contribution in [2.75, 3.05) is 10.6 Å². The van der Waals surface area contributed by atoms with E-state index >= 15 is 0 Å². The van der Waals surface area contributed by atoms with Gasteiger partial charge in [-0.15, -0.1) is 0 Å². The quantitative estimate of drug-likeness (QED) is 0.596. The second-order valence-electron chi connectivity index (χ2n) is 7.91. The van der Waals surface area contributed by atoms with Gasteiger partial charge in [-0.1, -0.05) is 6.07 Å². The molecule has 0 aliphatic heterocycles. The van der Waals surface area contributed by atoms with Crippen LogP contribution in [0.1, 0.15) is 45.2 Å². The van der Waals surface area contributed by atoms with Gasteiger partial charge in [0.1, 0.15) is 23.0 Å². The maximum absolute atomic E-state index is 13.0. The van der Waals surface area contributed by atoms with Gasteiger partial charge in [0.25, 0.3) is 0 Å². The van der Waals surface area contributed by atoms with Crippen LogP contribution < -0.4 is 10.6 Å². The van der Waals surface area contributed by atoms with Gasteiger partial charge in [-0.2, -0.15) is 40.2 Å². The molecule has 0 aromatic carbocycles. The number of anilines is 2. The standard InChI is InChI=1S/C20H24F3N5.2H2S/c1-11(13-6-7-13)24-17-10-18(25-12(2)14-8-9-14)28-19(27-17)15-4-3-5-16(26-15)20(21,22)23;;/h3-5,10-14H,6-9H2,1-2H3,(H2,24,25,27,28);2*1H2/t11-,12-;;/m0../s1. The molecular formula is C20H28F3N5S2. The van der Waals surface area contributed by atoms with E-state index in [2.05, 4.69) is 39.4 Å². The van der Waals surface area contributed by atoms with Crippen molar-refractivity contribution in [1.29, 1.82) is 0 Å². The zero-order valence-corrected chi connectivity index (χ0v) is 18.9. The van der Waals surface area contributed by atoms with Gasteiger partial charge in [0.15, 0.2) is 5.82 Å². The topological polar surface area (TPSA) is 62.7 Å². The summed E-state index contributed by atoms with van der Waals surface area (Å²) in [5.74, 6) is 2.63. The summed E-state index contributed by atoms with van der Waals surface area (Å²) >= 11 is 0. The zero-order chi connectivity index (χ0) is 19.9. The molecule has 0 saturated heterocycles. The Morgan fingerprint density at radius 2 is 1.37 bits per heavy atom. The van der Waals surface area contributed by atoms with Crippen LogP contribution in [0.15, 0.2) is 24.3 Å². The van der Waals surface area contributed by atoms with Crippen LogP contribution in [-0.2, 0) is 6.18 Å². The zero-order valence-electron chi connectivity index (χ0n) is 16.9. The summed E-state index contributed by atoms with van der Waals surface area (Å²) in [5, 5.41) is 6.75. The number of nitrogens with one attached hydrogen (secondary N) is 2. The lowest BCUT2D eigenvalue weighted by molar-refractivity contribution is -0.141. The molecule has 0 amide bonds. The van der Waals surface area contributed by atoms with Crippen LogP contribution in [0, 0.1) is 11.8 Å². The third-order valence-corrected chi connectivity index (χ3v) is 5.40. The molecule has 2 N–H and O–H groups in total. The van der Waals surface area contributed by atoms with E-state index in [1.54, 1.807) is 0 Å². The summed E-state index contributed by atoms with van der Waals surface area (Å²) in [7, 11) is 0. The molecule has 0 spiro atoms. The number of alkyl halides is 3. The summed E-state index contributed by atoms with van der Waals surface area (Å²) < 4.78 is 39.1. The van der Waals surface area contributed by atoms with Gasteiger partial charge >= 0.3 is 6.18 Å². The fraction of sp³-hybridized carbons (Fsp3) is 0.550. The fourth-order valence-corrected chi connectivity index (χ4v) is 3.32. The van der Waals surface area contributed by atoms with Crippen LogP contribution in [0.5, 0.6) is 0 Å². The number of halogens is 3. The molecule has 0 bridgehead atoms. The van der Waals surface area contributed by atoms with Gasteiger partial charge in [-0.25, -0.2) is 15.0 Å². The smallest absolute Gasteiger partial charge is 0.367 e. The highest BCUT2D eigenvalue weighted by atomic mass is 32.1. The van der Waals surface area contributed by atoms with Crippen LogP contribution >= 0.6 is 27.0 Å². The van der Waals surface area contributed by atoms with Crippen molar-refractivity contribution in [1.82, 2.24) is 15.0 Å². The van der Waals surface area contributed by atoms with Gasteiger partial charge in [-0.3, -0.25) is 0 Å². The van der Waals surface area contributed by atoms with Gasteiger partial charge in [-0.05, 0) is 63.5 Å². The van der Waals surface area contributed by atoms with Crippen molar-refractivity contribution in [2.24, 2.45) is 11.8 Å². The van der Waals surface area contributed by atoms with Crippen LogP contribution in [0.4, 0.5) is 24.8 Å². The first-order valence-electron chi connectivity index (χ1n) is 9.76. The minimum Gasteiger partial charge on any atom is -0.367 e. The predicted molar refractivity (Wildman–Crippen MR) is 123 cm³/mol. The first kappa shape index (κ1) is 24.6. The highest BCUT2D eigenvalue weighted by molar-refractivity contribution is 7.59. The Morgan fingerprint density at radius 1 is 0.867 bits per heavy atom. The Labute approximate surface area is 188 Å².